The summed E-state index contributed by atoms with van der Waals surface area (Å²) < 4.78 is 1.31. The Morgan fingerprint density at radius 3 is 2.84 bits per heavy atom. The van der Waals surface area contributed by atoms with Gasteiger partial charge in [0.05, 0.1) is 6.20 Å². The van der Waals surface area contributed by atoms with Crippen LogP contribution in [-0.2, 0) is 16.1 Å². The van der Waals surface area contributed by atoms with E-state index in [1.54, 1.807) is 6.07 Å². The summed E-state index contributed by atoms with van der Waals surface area (Å²) in [4.78, 5) is 30.1. The fourth-order valence-electron chi connectivity index (χ4n) is 1.31. The van der Waals surface area contributed by atoms with Crippen molar-refractivity contribution >= 4 is 23.5 Å². The first-order chi connectivity index (χ1) is 9.13. The lowest BCUT2D eigenvalue weighted by Gasteiger charge is -2.02. The molecule has 2 amide bonds. The van der Waals surface area contributed by atoms with E-state index in [9.17, 15) is 9.59 Å². The Balaban J connectivity index is 1.92. The summed E-state index contributed by atoms with van der Waals surface area (Å²) in [6.07, 6.45) is 4.31. The molecule has 2 aromatic rings. The average molecular weight is 261 g/mol. The minimum Gasteiger partial charge on any atom is -0.309 e. The summed E-state index contributed by atoms with van der Waals surface area (Å²) in [7, 11) is 0. The maximum atomic E-state index is 11.7. The van der Waals surface area contributed by atoms with Crippen molar-refractivity contribution in [1.82, 2.24) is 25.0 Å². The molecule has 0 saturated heterocycles. The second-order valence-corrected chi connectivity index (χ2v) is 3.63. The van der Waals surface area contributed by atoms with Crippen LogP contribution in [0.15, 0.2) is 24.8 Å². The third-order valence-corrected chi connectivity index (χ3v) is 2.00. The van der Waals surface area contributed by atoms with Gasteiger partial charge in [-0.25, -0.2) is 14.6 Å². The molecule has 0 fully saturated rings. The minimum atomic E-state index is -0.307. The smallest absolute Gasteiger partial charge is 0.247 e. The normalized spacial score (nSPS) is 9.95. The number of anilines is 2. The molecule has 2 N–H and O–H groups in total. The second kappa shape index (κ2) is 5.67. The molecule has 0 atom stereocenters. The number of carbonyl (C=O) groups is 2. The summed E-state index contributed by atoms with van der Waals surface area (Å²) in [6.45, 7) is 1.33. The molecule has 2 heterocycles. The predicted molar refractivity (Wildman–Crippen MR) is 65.0 cm³/mol. The van der Waals surface area contributed by atoms with Crippen molar-refractivity contribution < 1.29 is 9.59 Å². The van der Waals surface area contributed by atoms with Crippen molar-refractivity contribution in [3.8, 4) is 0 Å². The Morgan fingerprint density at radius 2 is 2.16 bits per heavy atom. The summed E-state index contributed by atoms with van der Waals surface area (Å²) in [6, 6.07) is 1.57. The molecule has 9 nitrogen and oxygen atoms in total. The zero-order chi connectivity index (χ0) is 13.7. The van der Waals surface area contributed by atoms with Gasteiger partial charge in [0.2, 0.25) is 11.8 Å². The molecule has 2 rings (SSSR count). The van der Waals surface area contributed by atoms with E-state index in [2.05, 4.69) is 30.9 Å². The van der Waals surface area contributed by atoms with Crippen LogP contribution in [0.4, 0.5) is 11.6 Å². The average Bonchev–Trinajstić information content (AvgIpc) is 2.76. The van der Waals surface area contributed by atoms with Crippen LogP contribution < -0.4 is 10.6 Å². The maximum absolute atomic E-state index is 11.7. The van der Waals surface area contributed by atoms with Crippen molar-refractivity contribution in [3.05, 3.63) is 24.8 Å². The number of aromatic nitrogens is 5. The number of nitrogens with zero attached hydrogens (tertiary/aromatic N) is 5. The largest absolute Gasteiger partial charge is 0.309 e. The standard InChI is InChI=1S/C10H11N7O2/c1-7(18)13-9-4-17(16-15-9)5-10(19)14-8-2-3-11-6-12-8/h2-4,6H,5H2,1H3,(H,13,18)(H,11,12,14,19). The van der Waals surface area contributed by atoms with Crippen LogP contribution in [0.1, 0.15) is 6.92 Å². The Labute approximate surface area is 108 Å². The Kier molecular flexibility index (Phi) is 3.76. The van der Waals surface area contributed by atoms with Crippen LogP contribution in [0.25, 0.3) is 0 Å². The van der Waals surface area contributed by atoms with Gasteiger partial charge >= 0.3 is 0 Å². The maximum Gasteiger partial charge on any atom is 0.247 e. The Hall–Kier alpha value is -2.84. The van der Waals surface area contributed by atoms with E-state index in [1.807, 2.05) is 0 Å². The van der Waals surface area contributed by atoms with Crippen molar-refractivity contribution in [2.24, 2.45) is 0 Å². The van der Waals surface area contributed by atoms with Crippen LogP contribution in [-0.4, -0.2) is 36.8 Å². The van der Waals surface area contributed by atoms with Crippen molar-refractivity contribution in [2.45, 2.75) is 13.5 Å². The topological polar surface area (TPSA) is 115 Å². The molecule has 0 aliphatic carbocycles. The number of nitrogens with one attached hydrogen (secondary N) is 2. The predicted octanol–water partition coefficient (Wildman–Crippen LogP) is -0.335. The first-order valence-corrected chi connectivity index (χ1v) is 5.37. The van der Waals surface area contributed by atoms with Crippen molar-refractivity contribution in [2.75, 3.05) is 10.6 Å². The molecule has 0 aliphatic rings. The lowest BCUT2D eigenvalue weighted by atomic mass is 10.5. The lowest BCUT2D eigenvalue weighted by molar-refractivity contribution is -0.117. The highest BCUT2D eigenvalue weighted by Crippen LogP contribution is 2.01. The van der Waals surface area contributed by atoms with E-state index in [4.69, 9.17) is 0 Å². The number of carbonyl (C=O) groups excluding carboxylic acids is 2. The third kappa shape index (κ3) is 3.84. The molecule has 2 aromatic heterocycles. The van der Waals surface area contributed by atoms with Gasteiger partial charge in [0.1, 0.15) is 18.7 Å². The summed E-state index contributed by atoms with van der Waals surface area (Å²) >= 11 is 0. The van der Waals surface area contributed by atoms with Gasteiger partial charge in [-0.1, -0.05) is 5.21 Å². The van der Waals surface area contributed by atoms with Crippen LogP contribution >= 0.6 is 0 Å². The number of hydrogen-bond donors (Lipinski definition) is 2. The third-order valence-electron chi connectivity index (χ3n) is 2.00. The first-order valence-electron chi connectivity index (χ1n) is 5.37. The summed E-state index contributed by atoms with van der Waals surface area (Å²) in [5.41, 5.74) is 0. The molecule has 9 heteroatoms. The quantitative estimate of drug-likeness (QED) is 0.778. The molecule has 0 radical (unpaired) electrons. The highest BCUT2D eigenvalue weighted by atomic mass is 16.2. The second-order valence-electron chi connectivity index (χ2n) is 3.63. The molecule has 0 aromatic carbocycles. The van der Waals surface area contributed by atoms with E-state index >= 15 is 0 Å². The van der Waals surface area contributed by atoms with Crippen molar-refractivity contribution in [1.29, 1.82) is 0 Å². The molecule has 0 bridgehead atoms. The van der Waals surface area contributed by atoms with Gasteiger partial charge < -0.3 is 10.6 Å². The fraction of sp³-hybridized carbons (Fsp3) is 0.200. The molecule has 19 heavy (non-hydrogen) atoms. The van der Waals surface area contributed by atoms with Crippen LogP contribution in [0.5, 0.6) is 0 Å². The van der Waals surface area contributed by atoms with Crippen molar-refractivity contribution in [3.63, 3.8) is 0 Å². The van der Waals surface area contributed by atoms with E-state index in [0.717, 1.165) is 0 Å². The van der Waals surface area contributed by atoms with Gasteiger partial charge in [0, 0.05) is 13.1 Å². The lowest BCUT2D eigenvalue weighted by Crippen LogP contribution is -2.19. The first kappa shape index (κ1) is 12.6. The zero-order valence-electron chi connectivity index (χ0n) is 10.1. The summed E-state index contributed by atoms with van der Waals surface area (Å²) in [5.74, 6) is 0.139. The number of rotatable bonds is 4. The van der Waals surface area contributed by atoms with E-state index in [0.29, 0.717) is 11.6 Å². The summed E-state index contributed by atoms with van der Waals surface area (Å²) in [5, 5.41) is 12.4. The van der Waals surface area contributed by atoms with Crippen LogP contribution in [0.3, 0.4) is 0 Å². The SMILES string of the molecule is CC(=O)Nc1cn(CC(=O)Nc2ccncn2)nn1. The Bertz CT molecular complexity index is 581. The van der Waals surface area contributed by atoms with Gasteiger partial charge in [-0.15, -0.1) is 5.10 Å². The number of hydrogen-bond acceptors (Lipinski definition) is 6. The zero-order valence-corrected chi connectivity index (χ0v) is 10.1. The molecular formula is C10H11N7O2. The van der Waals surface area contributed by atoms with Gasteiger partial charge in [0.25, 0.3) is 0 Å². The van der Waals surface area contributed by atoms with Crippen LogP contribution in [0, 0.1) is 0 Å². The van der Waals surface area contributed by atoms with Gasteiger partial charge in [-0.3, -0.25) is 9.59 Å². The fourth-order valence-corrected chi connectivity index (χ4v) is 1.31. The van der Waals surface area contributed by atoms with E-state index < -0.39 is 0 Å². The molecule has 0 spiro atoms. The monoisotopic (exact) mass is 261 g/mol. The number of amides is 2. The molecule has 98 valence electrons. The molecule has 0 aliphatic heterocycles. The highest BCUT2D eigenvalue weighted by molar-refractivity contribution is 5.89. The van der Waals surface area contributed by atoms with Gasteiger partial charge in [-0.2, -0.15) is 0 Å². The van der Waals surface area contributed by atoms with E-state index in [1.165, 1.54) is 30.3 Å². The van der Waals surface area contributed by atoms with E-state index in [-0.39, 0.29) is 18.4 Å². The van der Waals surface area contributed by atoms with Gasteiger partial charge in [-0.05, 0) is 6.07 Å². The van der Waals surface area contributed by atoms with Crippen LogP contribution in [0.2, 0.25) is 0 Å². The Morgan fingerprint density at radius 1 is 1.32 bits per heavy atom. The molecule has 0 unspecified atom stereocenters. The molecular weight excluding hydrogens is 250 g/mol. The van der Waals surface area contributed by atoms with Gasteiger partial charge in [0.15, 0.2) is 5.82 Å². The minimum absolute atomic E-state index is 0.0312. The highest BCUT2D eigenvalue weighted by Gasteiger charge is 2.07. The molecule has 0 saturated carbocycles.